The van der Waals surface area contributed by atoms with E-state index in [1.807, 2.05) is 27.7 Å². The minimum atomic E-state index is -0.512. The fraction of sp³-hybridized carbons (Fsp3) is 0.733. The minimum absolute atomic E-state index is 0.217. The van der Waals surface area contributed by atoms with Crippen molar-refractivity contribution in [3.05, 3.63) is 10.6 Å². The fourth-order valence-corrected chi connectivity index (χ4v) is 4.16. The maximum Gasteiger partial charge on any atom is 0.413 e. The summed E-state index contributed by atoms with van der Waals surface area (Å²) < 4.78 is 5.25. The number of thiazole rings is 1. The molecular formula is C15H25N3O2S. The Balaban J connectivity index is 2.09. The molecule has 1 saturated carbocycles. The van der Waals surface area contributed by atoms with Crippen molar-refractivity contribution in [1.82, 2.24) is 4.98 Å². The Morgan fingerprint density at radius 2 is 2.10 bits per heavy atom. The molecule has 3 N–H and O–H groups in total. The van der Waals surface area contributed by atoms with Crippen molar-refractivity contribution >= 4 is 22.6 Å². The summed E-state index contributed by atoms with van der Waals surface area (Å²) >= 11 is 1.53. The number of nitrogens with one attached hydrogen (secondary N) is 1. The highest BCUT2D eigenvalue weighted by atomic mass is 32.1. The zero-order chi connectivity index (χ0) is 16.0. The van der Waals surface area contributed by atoms with E-state index in [2.05, 4.69) is 24.1 Å². The molecule has 1 aromatic rings. The monoisotopic (exact) mass is 311 g/mol. The molecule has 1 fully saturated rings. The van der Waals surface area contributed by atoms with Crippen molar-refractivity contribution in [3.8, 4) is 0 Å². The molecule has 1 aliphatic rings. The topological polar surface area (TPSA) is 77.2 Å². The number of carbonyl (C=O) groups is 1. The average Bonchev–Trinajstić information content (AvgIpc) is 2.64. The van der Waals surface area contributed by atoms with Crippen LogP contribution in [-0.2, 0) is 4.74 Å². The number of ether oxygens (including phenoxy) is 1. The fourth-order valence-electron chi connectivity index (χ4n) is 2.85. The van der Waals surface area contributed by atoms with Gasteiger partial charge in [-0.3, -0.25) is 5.32 Å². The van der Waals surface area contributed by atoms with Crippen LogP contribution in [0.3, 0.4) is 0 Å². The lowest BCUT2D eigenvalue weighted by Gasteiger charge is -2.18. The minimum Gasteiger partial charge on any atom is -0.444 e. The highest BCUT2D eigenvalue weighted by molar-refractivity contribution is 7.16. The number of aromatic nitrogens is 1. The molecule has 0 saturated heterocycles. The summed E-state index contributed by atoms with van der Waals surface area (Å²) in [5.41, 5.74) is 6.52. The molecule has 1 heterocycles. The second-order valence-electron chi connectivity index (χ2n) is 7.24. The van der Waals surface area contributed by atoms with Gasteiger partial charge in [0.05, 0.1) is 5.69 Å². The molecule has 21 heavy (non-hydrogen) atoms. The van der Waals surface area contributed by atoms with Crippen molar-refractivity contribution in [2.75, 3.05) is 11.9 Å². The second kappa shape index (κ2) is 5.25. The highest BCUT2D eigenvalue weighted by Gasteiger charge is 2.58. The van der Waals surface area contributed by atoms with Crippen LogP contribution in [0, 0.1) is 18.3 Å². The van der Waals surface area contributed by atoms with Gasteiger partial charge in [0.25, 0.3) is 0 Å². The average molecular weight is 311 g/mol. The van der Waals surface area contributed by atoms with Gasteiger partial charge in [-0.05, 0) is 45.6 Å². The van der Waals surface area contributed by atoms with Gasteiger partial charge in [-0.1, -0.05) is 13.8 Å². The van der Waals surface area contributed by atoms with Crippen LogP contribution in [0.25, 0.3) is 0 Å². The summed E-state index contributed by atoms with van der Waals surface area (Å²) in [4.78, 5) is 17.5. The highest BCUT2D eigenvalue weighted by Crippen LogP contribution is 2.65. The number of carbonyl (C=O) groups excluding carboxylic acids is 1. The summed E-state index contributed by atoms with van der Waals surface area (Å²) in [5, 5.41) is 3.31. The lowest BCUT2D eigenvalue weighted by atomic mass is 10.1. The predicted molar refractivity (Wildman–Crippen MR) is 85.8 cm³/mol. The normalized spacial score (nSPS) is 23.8. The molecule has 2 atom stereocenters. The second-order valence-corrected chi connectivity index (χ2v) is 8.27. The van der Waals surface area contributed by atoms with Crippen LogP contribution >= 0.6 is 11.3 Å². The van der Waals surface area contributed by atoms with E-state index in [0.29, 0.717) is 23.5 Å². The van der Waals surface area contributed by atoms with Crippen molar-refractivity contribution < 1.29 is 9.53 Å². The molecule has 0 bridgehead atoms. The molecule has 0 unspecified atom stereocenters. The summed E-state index contributed by atoms with van der Waals surface area (Å²) in [5.74, 6) is 0.931. The largest absolute Gasteiger partial charge is 0.444 e. The van der Waals surface area contributed by atoms with E-state index in [4.69, 9.17) is 10.5 Å². The molecule has 6 heteroatoms. The van der Waals surface area contributed by atoms with Crippen LogP contribution in [0.15, 0.2) is 0 Å². The summed E-state index contributed by atoms with van der Waals surface area (Å²) in [6.07, 6.45) is -0.465. The van der Waals surface area contributed by atoms with E-state index in [1.54, 1.807) is 0 Å². The first-order chi connectivity index (χ1) is 9.56. The van der Waals surface area contributed by atoms with Crippen molar-refractivity contribution in [2.24, 2.45) is 17.1 Å². The summed E-state index contributed by atoms with van der Waals surface area (Å²) in [6, 6.07) is 0. The van der Waals surface area contributed by atoms with E-state index in [-0.39, 0.29) is 5.41 Å². The Bertz CT molecular complexity index is 546. The van der Waals surface area contributed by atoms with E-state index >= 15 is 0 Å². The summed E-state index contributed by atoms with van der Waals surface area (Å²) in [7, 11) is 0. The first kappa shape index (κ1) is 16.2. The van der Waals surface area contributed by atoms with Crippen LogP contribution < -0.4 is 11.1 Å². The van der Waals surface area contributed by atoms with Crippen LogP contribution in [0.5, 0.6) is 0 Å². The Morgan fingerprint density at radius 1 is 1.48 bits per heavy atom. The van der Waals surface area contributed by atoms with Gasteiger partial charge in [0.2, 0.25) is 0 Å². The molecule has 0 aliphatic heterocycles. The third kappa shape index (κ3) is 3.37. The smallest absolute Gasteiger partial charge is 0.413 e. The maximum absolute atomic E-state index is 11.8. The maximum atomic E-state index is 11.8. The third-order valence-electron chi connectivity index (χ3n) is 4.03. The number of amides is 1. The van der Waals surface area contributed by atoms with Gasteiger partial charge in [0.15, 0.2) is 5.13 Å². The SMILES string of the molecule is Cc1nc(NC(=O)OC(C)(C)C)sc1[C@@H]1[C@@H](CN)C1(C)C. The van der Waals surface area contributed by atoms with Gasteiger partial charge < -0.3 is 10.5 Å². The van der Waals surface area contributed by atoms with E-state index in [1.165, 1.54) is 16.2 Å². The zero-order valence-electron chi connectivity index (χ0n) is 13.6. The molecule has 1 amide bonds. The molecule has 0 spiro atoms. The Labute approximate surface area is 130 Å². The number of aryl methyl sites for hydroxylation is 1. The molecule has 1 aromatic heterocycles. The van der Waals surface area contributed by atoms with Crippen LogP contribution in [0.2, 0.25) is 0 Å². The number of anilines is 1. The first-order valence-corrected chi connectivity index (χ1v) is 8.05. The number of nitrogens with two attached hydrogens (primary N) is 1. The van der Waals surface area contributed by atoms with Gasteiger partial charge in [-0.25, -0.2) is 9.78 Å². The molecule has 0 radical (unpaired) electrons. The van der Waals surface area contributed by atoms with Gasteiger partial charge in [-0.2, -0.15) is 0 Å². The van der Waals surface area contributed by atoms with Gasteiger partial charge >= 0.3 is 6.09 Å². The van der Waals surface area contributed by atoms with E-state index in [9.17, 15) is 4.79 Å². The third-order valence-corrected chi connectivity index (χ3v) is 5.18. The lowest BCUT2D eigenvalue weighted by Crippen LogP contribution is -2.27. The number of nitrogens with zero attached hydrogens (tertiary/aromatic N) is 1. The van der Waals surface area contributed by atoms with E-state index < -0.39 is 11.7 Å². The molecule has 118 valence electrons. The standard InChI is InChI=1S/C15H25N3O2S/c1-8-11(10-9(7-16)15(10,5)6)21-12(17-8)18-13(19)20-14(2,3)4/h9-10H,7,16H2,1-6H3,(H,17,18,19)/t9-,10+/m1/s1. The van der Waals surface area contributed by atoms with Crippen molar-refractivity contribution in [1.29, 1.82) is 0 Å². The molecule has 1 aliphatic carbocycles. The number of hydrogen-bond donors (Lipinski definition) is 2. The quantitative estimate of drug-likeness (QED) is 0.895. The van der Waals surface area contributed by atoms with Crippen molar-refractivity contribution in [3.63, 3.8) is 0 Å². The Kier molecular flexibility index (Phi) is 4.06. The zero-order valence-corrected chi connectivity index (χ0v) is 14.4. The van der Waals surface area contributed by atoms with Gasteiger partial charge in [-0.15, -0.1) is 11.3 Å². The molecule has 0 aromatic carbocycles. The Hall–Kier alpha value is -1.14. The lowest BCUT2D eigenvalue weighted by molar-refractivity contribution is 0.0636. The molecular weight excluding hydrogens is 286 g/mol. The van der Waals surface area contributed by atoms with Crippen molar-refractivity contribution in [2.45, 2.75) is 53.1 Å². The molecule has 2 rings (SSSR count). The van der Waals surface area contributed by atoms with E-state index in [0.717, 1.165) is 5.69 Å². The first-order valence-electron chi connectivity index (χ1n) is 7.23. The number of rotatable bonds is 3. The van der Waals surface area contributed by atoms with Gasteiger partial charge in [0.1, 0.15) is 5.60 Å². The predicted octanol–water partition coefficient (Wildman–Crippen LogP) is 3.50. The van der Waals surface area contributed by atoms with Crippen LogP contribution in [-0.4, -0.2) is 23.2 Å². The Morgan fingerprint density at radius 3 is 2.57 bits per heavy atom. The summed E-state index contributed by atoms with van der Waals surface area (Å²) in [6.45, 7) is 12.6. The van der Waals surface area contributed by atoms with Crippen LogP contribution in [0.1, 0.15) is 51.1 Å². The number of hydrogen-bond acceptors (Lipinski definition) is 5. The molecule has 5 nitrogen and oxygen atoms in total. The van der Waals surface area contributed by atoms with Gasteiger partial charge in [0, 0.05) is 10.8 Å². The van der Waals surface area contributed by atoms with Crippen LogP contribution in [0.4, 0.5) is 9.93 Å².